The van der Waals surface area contributed by atoms with Gasteiger partial charge in [0.2, 0.25) is 5.91 Å². The van der Waals surface area contributed by atoms with Crippen LogP contribution >= 0.6 is 0 Å². The lowest BCUT2D eigenvalue weighted by Crippen LogP contribution is -2.63. The van der Waals surface area contributed by atoms with Crippen molar-refractivity contribution in [3.05, 3.63) is 41.5 Å². The molecule has 4 heteroatoms. The lowest BCUT2D eigenvalue weighted by Gasteiger charge is -2.68. The number of rotatable bonds is 6. The third-order valence-electron chi connectivity index (χ3n) is 14.0. The third-order valence-corrected chi connectivity index (χ3v) is 14.0. The zero-order valence-electron chi connectivity index (χ0n) is 28.2. The fraction of sp³-hybridized carbons (Fsp3) is 0.744. The van der Waals surface area contributed by atoms with E-state index in [1.165, 1.54) is 75.3 Å². The van der Waals surface area contributed by atoms with E-state index in [0.717, 1.165) is 48.6 Å². The van der Waals surface area contributed by atoms with E-state index in [9.17, 15) is 9.59 Å². The summed E-state index contributed by atoms with van der Waals surface area (Å²) < 4.78 is 0. The van der Waals surface area contributed by atoms with Crippen LogP contribution in [0.3, 0.4) is 0 Å². The molecule has 43 heavy (non-hydrogen) atoms. The first kappa shape index (κ1) is 31.1. The molecule has 1 aromatic carbocycles. The molecule has 0 saturated heterocycles. The maximum absolute atomic E-state index is 12.4. The molecule has 4 nitrogen and oxygen atoms in total. The highest BCUT2D eigenvalue weighted by Crippen LogP contribution is 2.72. The molecule has 1 amide bonds. The molecule has 6 rings (SSSR count). The Bertz CT molecular complexity index is 1260. The van der Waals surface area contributed by atoms with Crippen molar-refractivity contribution >= 4 is 17.8 Å². The molecule has 4 fully saturated rings. The third kappa shape index (κ3) is 4.97. The summed E-state index contributed by atoms with van der Waals surface area (Å²) in [6, 6.07) is 8.30. The summed E-state index contributed by atoms with van der Waals surface area (Å²) in [5.41, 5.74) is 4.37. The van der Waals surface area contributed by atoms with Gasteiger partial charge in [-0.2, -0.15) is 0 Å². The highest BCUT2D eigenvalue weighted by atomic mass is 16.2. The number of nitrogens with one attached hydrogen (secondary N) is 2. The zero-order chi connectivity index (χ0) is 30.8. The molecule has 8 unspecified atom stereocenters. The Hall–Kier alpha value is -1.94. The molecule has 0 bridgehead atoms. The first-order valence-electron chi connectivity index (χ1n) is 17.6. The number of hydrogen-bond donors (Lipinski definition) is 2. The molecule has 8 atom stereocenters. The minimum atomic E-state index is -0.330. The normalized spacial score (nSPS) is 39.9. The van der Waals surface area contributed by atoms with Gasteiger partial charge in [-0.05, 0) is 115 Å². The molecule has 1 aromatic rings. The number of amides is 1. The summed E-state index contributed by atoms with van der Waals surface area (Å²) in [4.78, 5) is 23.7. The van der Waals surface area contributed by atoms with E-state index >= 15 is 0 Å². The topological polar surface area (TPSA) is 58.2 Å². The molecule has 0 aliphatic heterocycles. The Labute approximate surface area is 261 Å². The lowest BCUT2D eigenvalue weighted by molar-refractivity contribution is -0.172. The summed E-state index contributed by atoms with van der Waals surface area (Å²) in [5, 5.41) is 7.24. The molecule has 5 aliphatic carbocycles. The van der Waals surface area contributed by atoms with Crippen LogP contribution in [0.25, 0.3) is 5.57 Å². The Morgan fingerprint density at radius 3 is 2.30 bits per heavy atom. The van der Waals surface area contributed by atoms with Crippen LogP contribution in [0.15, 0.2) is 30.3 Å². The van der Waals surface area contributed by atoms with Crippen molar-refractivity contribution in [1.82, 2.24) is 10.6 Å². The van der Waals surface area contributed by atoms with Gasteiger partial charge < -0.3 is 10.6 Å². The van der Waals surface area contributed by atoms with Gasteiger partial charge in [-0.3, -0.25) is 9.59 Å². The number of allylic oxidation sites excluding steroid dienone is 2. The highest BCUT2D eigenvalue weighted by Gasteiger charge is 2.65. The number of fused-ring (bicyclic) bond motifs is 7. The van der Waals surface area contributed by atoms with Gasteiger partial charge in [-0.25, -0.2) is 0 Å². The first-order chi connectivity index (χ1) is 20.3. The largest absolute Gasteiger partial charge is 0.354 e. The van der Waals surface area contributed by atoms with Gasteiger partial charge in [0.1, 0.15) is 6.29 Å². The van der Waals surface area contributed by atoms with Gasteiger partial charge in [0, 0.05) is 29.6 Å². The summed E-state index contributed by atoms with van der Waals surface area (Å²) in [5.74, 6) is 4.08. The van der Waals surface area contributed by atoms with E-state index in [0.29, 0.717) is 16.7 Å². The Morgan fingerprint density at radius 1 is 0.860 bits per heavy atom. The van der Waals surface area contributed by atoms with Crippen LogP contribution in [-0.2, 0) is 4.79 Å². The van der Waals surface area contributed by atoms with Gasteiger partial charge in [-0.15, -0.1) is 0 Å². The van der Waals surface area contributed by atoms with Crippen molar-refractivity contribution in [2.75, 3.05) is 13.1 Å². The van der Waals surface area contributed by atoms with Gasteiger partial charge in [0.05, 0.1) is 0 Å². The molecule has 0 heterocycles. The fourth-order valence-electron chi connectivity index (χ4n) is 12.1. The Kier molecular flexibility index (Phi) is 7.84. The van der Waals surface area contributed by atoms with E-state index in [4.69, 9.17) is 0 Å². The second-order valence-electron chi connectivity index (χ2n) is 17.4. The van der Waals surface area contributed by atoms with Gasteiger partial charge in [0.25, 0.3) is 0 Å². The second kappa shape index (κ2) is 10.8. The standard InChI is InChI=1S/C39H58N2O2/c1-35(2,3)34(43)40-23-24-41-39-19-8-9-31(39)28-14-15-33-37(6,30(28)17-22-39)21-18-32-36(4,5)29(16-20-38(32,33)7)27-12-10-26(25-42)11-13-27/h10-13,16,25,28,30-33,41H,8-9,14-15,17-24H2,1-7H3,(H,40,43). The summed E-state index contributed by atoms with van der Waals surface area (Å²) in [6.45, 7) is 18.0. The quantitative estimate of drug-likeness (QED) is 0.260. The number of hydrogen-bond acceptors (Lipinski definition) is 3. The molecule has 2 N–H and O–H groups in total. The van der Waals surface area contributed by atoms with Crippen LogP contribution in [-0.4, -0.2) is 30.8 Å². The summed E-state index contributed by atoms with van der Waals surface area (Å²) in [7, 11) is 0. The van der Waals surface area contributed by atoms with Crippen molar-refractivity contribution < 1.29 is 9.59 Å². The minimum absolute atomic E-state index is 0.118. The summed E-state index contributed by atoms with van der Waals surface area (Å²) >= 11 is 0. The highest BCUT2D eigenvalue weighted by molar-refractivity contribution is 5.81. The number of carbonyl (C=O) groups excluding carboxylic acids is 2. The number of benzene rings is 1. The van der Waals surface area contributed by atoms with Crippen molar-refractivity contribution in [3.63, 3.8) is 0 Å². The van der Waals surface area contributed by atoms with Crippen molar-refractivity contribution in [2.24, 2.45) is 51.2 Å². The predicted molar refractivity (Wildman–Crippen MR) is 177 cm³/mol. The van der Waals surface area contributed by atoms with Crippen LogP contribution in [0.5, 0.6) is 0 Å². The molecular weight excluding hydrogens is 528 g/mol. The van der Waals surface area contributed by atoms with E-state index in [-0.39, 0.29) is 22.3 Å². The van der Waals surface area contributed by atoms with Crippen LogP contribution in [0.1, 0.15) is 129 Å². The van der Waals surface area contributed by atoms with Crippen LogP contribution in [0, 0.1) is 51.2 Å². The molecular formula is C39H58N2O2. The smallest absolute Gasteiger partial charge is 0.225 e. The Balaban J connectivity index is 1.19. The number of carbonyl (C=O) groups is 2. The van der Waals surface area contributed by atoms with E-state index in [2.05, 4.69) is 56.5 Å². The van der Waals surface area contributed by atoms with E-state index in [1.807, 2.05) is 32.9 Å². The van der Waals surface area contributed by atoms with Crippen LogP contribution < -0.4 is 10.6 Å². The monoisotopic (exact) mass is 586 g/mol. The molecule has 0 radical (unpaired) electrons. The lowest BCUT2D eigenvalue weighted by atomic mass is 9.37. The Morgan fingerprint density at radius 2 is 1.60 bits per heavy atom. The zero-order valence-corrected chi connectivity index (χ0v) is 28.2. The van der Waals surface area contributed by atoms with Crippen LogP contribution in [0.4, 0.5) is 0 Å². The maximum Gasteiger partial charge on any atom is 0.225 e. The van der Waals surface area contributed by atoms with Crippen molar-refractivity contribution in [2.45, 2.75) is 118 Å². The second-order valence-corrected chi connectivity index (χ2v) is 17.4. The van der Waals surface area contributed by atoms with Crippen molar-refractivity contribution in [1.29, 1.82) is 0 Å². The molecule has 0 spiro atoms. The minimum Gasteiger partial charge on any atom is -0.354 e. The molecule has 236 valence electrons. The van der Waals surface area contributed by atoms with E-state index in [1.54, 1.807) is 0 Å². The van der Waals surface area contributed by atoms with Gasteiger partial charge in [-0.1, -0.05) is 85.2 Å². The number of aldehydes is 1. The predicted octanol–water partition coefficient (Wildman–Crippen LogP) is 8.46. The molecule has 5 aliphatic rings. The van der Waals surface area contributed by atoms with E-state index < -0.39 is 0 Å². The van der Waals surface area contributed by atoms with Crippen molar-refractivity contribution in [3.8, 4) is 0 Å². The van der Waals surface area contributed by atoms with Gasteiger partial charge >= 0.3 is 0 Å². The maximum atomic E-state index is 12.4. The average Bonchev–Trinajstić information content (AvgIpc) is 3.39. The SMILES string of the molecule is CC(C)(C)C(=O)NCCNC12CCCC1C1CCC3C(C)(CCC4C(C)(C)C(c5ccc(C=O)cc5)=CCC43C)C1CC2. The average molecular weight is 587 g/mol. The summed E-state index contributed by atoms with van der Waals surface area (Å²) in [6.07, 6.45) is 16.9. The molecule has 4 saturated carbocycles. The van der Waals surface area contributed by atoms with Crippen LogP contribution in [0.2, 0.25) is 0 Å². The fourth-order valence-corrected chi connectivity index (χ4v) is 12.1. The molecule has 0 aromatic heterocycles. The van der Waals surface area contributed by atoms with Gasteiger partial charge in [0.15, 0.2) is 0 Å². The first-order valence-corrected chi connectivity index (χ1v) is 17.6.